The fourth-order valence-corrected chi connectivity index (χ4v) is 5.04. The van der Waals surface area contributed by atoms with Crippen LogP contribution < -0.4 is 0 Å². The molecule has 22 heavy (non-hydrogen) atoms. The van der Waals surface area contributed by atoms with Crippen molar-refractivity contribution in [3.63, 3.8) is 0 Å². The highest BCUT2D eigenvalue weighted by atomic mass is 32.2. The largest absolute Gasteiger partial charge is 0.298 e. The van der Waals surface area contributed by atoms with Gasteiger partial charge in [-0.2, -0.15) is 4.31 Å². The lowest BCUT2D eigenvalue weighted by atomic mass is 9.94. The van der Waals surface area contributed by atoms with E-state index in [4.69, 9.17) is 0 Å². The minimum absolute atomic E-state index is 0.421. The van der Waals surface area contributed by atoms with E-state index in [-0.39, 0.29) is 0 Å². The molecule has 0 radical (unpaired) electrons. The summed E-state index contributed by atoms with van der Waals surface area (Å²) < 4.78 is 27.0. The molecule has 3 rings (SSSR count). The fourth-order valence-electron chi connectivity index (χ4n) is 3.61. The number of sulfonamides is 1. The average Bonchev–Trinajstić information content (AvgIpc) is 2.56. The molecule has 0 unspecified atom stereocenters. The van der Waals surface area contributed by atoms with Gasteiger partial charge in [-0.1, -0.05) is 37.0 Å². The predicted octanol–water partition coefficient (Wildman–Crippen LogP) is 2.63. The summed E-state index contributed by atoms with van der Waals surface area (Å²) in [5.41, 5.74) is 1.08. The van der Waals surface area contributed by atoms with Gasteiger partial charge >= 0.3 is 0 Å². The smallest absolute Gasteiger partial charge is 0.243 e. The summed E-state index contributed by atoms with van der Waals surface area (Å²) in [6.45, 7) is 4.95. The van der Waals surface area contributed by atoms with Gasteiger partial charge in [-0.05, 0) is 31.9 Å². The number of hydrogen-bond donors (Lipinski definition) is 0. The number of aryl methyl sites for hydroxylation is 1. The molecule has 0 N–H and O–H groups in total. The Hall–Kier alpha value is -0.910. The molecule has 4 nitrogen and oxygen atoms in total. The molecule has 0 atom stereocenters. The zero-order valence-corrected chi connectivity index (χ0v) is 14.2. The van der Waals surface area contributed by atoms with Crippen LogP contribution in [0.3, 0.4) is 0 Å². The molecular weight excluding hydrogens is 296 g/mol. The molecule has 1 saturated heterocycles. The summed E-state index contributed by atoms with van der Waals surface area (Å²) in [5, 5.41) is 0. The van der Waals surface area contributed by atoms with E-state index in [2.05, 4.69) is 4.90 Å². The maximum Gasteiger partial charge on any atom is 0.243 e. The zero-order chi connectivity index (χ0) is 15.6. The highest BCUT2D eigenvalue weighted by molar-refractivity contribution is 7.89. The number of nitrogens with zero attached hydrogens (tertiary/aromatic N) is 2. The Balaban J connectivity index is 1.63. The Kier molecular flexibility index (Phi) is 4.85. The molecule has 122 valence electrons. The maximum atomic E-state index is 12.7. The van der Waals surface area contributed by atoms with Crippen LogP contribution in [-0.4, -0.2) is 49.8 Å². The van der Waals surface area contributed by atoms with Gasteiger partial charge < -0.3 is 0 Å². The first kappa shape index (κ1) is 16.0. The van der Waals surface area contributed by atoms with E-state index in [0.29, 0.717) is 24.0 Å². The molecule has 1 heterocycles. The van der Waals surface area contributed by atoms with Gasteiger partial charge in [-0.25, -0.2) is 8.42 Å². The number of hydrogen-bond acceptors (Lipinski definition) is 3. The first-order valence-corrected chi connectivity index (χ1v) is 9.82. The van der Waals surface area contributed by atoms with E-state index in [0.717, 1.165) is 18.7 Å². The third-order valence-corrected chi connectivity index (χ3v) is 6.94. The Morgan fingerprint density at radius 3 is 2.09 bits per heavy atom. The van der Waals surface area contributed by atoms with Crippen molar-refractivity contribution in [3.8, 4) is 0 Å². The normalized spacial score (nSPS) is 22.8. The van der Waals surface area contributed by atoms with E-state index in [9.17, 15) is 8.42 Å². The monoisotopic (exact) mass is 322 g/mol. The minimum Gasteiger partial charge on any atom is -0.298 e. The van der Waals surface area contributed by atoms with Crippen LogP contribution >= 0.6 is 0 Å². The summed E-state index contributed by atoms with van der Waals surface area (Å²) in [5.74, 6) is 0. The molecule has 0 spiro atoms. The predicted molar refractivity (Wildman–Crippen MR) is 88.4 cm³/mol. The minimum atomic E-state index is -3.33. The van der Waals surface area contributed by atoms with Gasteiger partial charge in [0.05, 0.1) is 4.90 Å². The summed E-state index contributed by atoms with van der Waals surface area (Å²) in [6.07, 6.45) is 6.58. The Bertz CT molecular complexity index is 584. The third kappa shape index (κ3) is 3.36. The summed E-state index contributed by atoms with van der Waals surface area (Å²) in [7, 11) is -3.33. The molecule has 5 heteroatoms. The van der Waals surface area contributed by atoms with Gasteiger partial charge in [0.25, 0.3) is 0 Å². The summed E-state index contributed by atoms with van der Waals surface area (Å²) >= 11 is 0. The molecule has 1 aromatic rings. The third-order valence-electron chi connectivity index (χ3n) is 5.02. The first-order valence-electron chi connectivity index (χ1n) is 8.38. The van der Waals surface area contributed by atoms with Gasteiger partial charge in [0.1, 0.15) is 0 Å². The van der Waals surface area contributed by atoms with Crippen LogP contribution in [0.2, 0.25) is 0 Å². The van der Waals surface area contributed by atoms with E-state index in [1.54, 1.807) is 16.4 Å². The van der Waals surface area contributed by atoms with Crippen molar-refractivity contribution in [1.82, 2.24) is 9.21 Å². The fraction of sp³-hybridized carbons (Fsp3) is 0.647. The second-order valence-electron chi connectivity index (χ2n) is 6.54. The van der Waals surface area contributed by atoms with Crippen LogP contribution in [0.1, 0.15) is 37.7 Å². The highest BCUT2D eigenvalue weighted by Gasteiger charge is 2.31. The Labute approximate surface area is 134 Å². The van der Waals surface area contributed by atoms with Crippen molar-refractivity contribution in [2.75, 3.05) is 26.2 Å². The van der Waals surface area contributed by atoms with E-state index >= 15 is 0 Å². The van der Waals surface area contributed by atoms with Crippen LogP contribution in [-0.2, 0) is 10.0 Å². The molecule has 1 aromatic carbocycles. The molecule has 2 fully saturated rings. The molecule has 0 aromatic heterocycles. The molecular formula is C17H26N2O2S. The quantitative estimate of drug-likeness (QED) is 0.859. The molecule has 2 aliphatic rings. The number of rotatable bonds is 3. The van der Waals surface area contributed by atoms with Crippen LogP contribution in [0.5, 0.6) is 0 Å². The van der Waals surface area contributed by atoms with Crippen molar-refractivity contribution in [2.24, 2.45) is 0 Å². The van der Waals surface area contributed by atoms with E-state index < -0.39 is 10.0 Å². The van der Waals surface area contributed by atoms with Crippen molar-refractivity contribution < 1.29 is 8.42 Å². The number of piperazine rings is 1. The Morgan fingerprint density at radius 2 is 1.50 bits per heavy atom. The van der Waals surface area contributed by atoms with E-state index in [1.807, 2.05) is 19.1 Å². The van der Waals surface area contributed by atoms with E-state index in [1.165, 1.54) is 32.1 Å². The first-order chi connectivity index (χ1) is 10.6. The lowest BCUT2D eigenvalue weighted by Gasteiger charge is -2.40. The maximum absolute atomic E-state index is 12.7. The van der Waals surface area contributed by atoms with Gasteiger partial charge in [-0.3, -0.25) is 4.90 Å². The van der Waals surface area contributed by atoms with Gasteiger partial charge in [-0.15, -0.1) is 0 Å². The van der Waals surface area contributed by atoms with Crippen LogP contribution in [0.15, 0.2) is 29.2 Å². The molecule has 0 amide bonds. The lowest BCUT2D eigenvalue weighted by molar-refractivity contribution is 0.111. The van der Waals surface area contributed by atoms with Crippen LogP contribution in [0.25, 0.3) is 0 Å². The highest BCUT2D eigenvalue weighted by Crippen LogP contribution is 2.25. The molecule has 0 bridgehead atoms. The molecule has 1 saturated carbocycles. The van der Waals surface area contributed by atoms with Gasteiger partial charge in [0, 0.05) is 32.2 Å². The summed E-state index contributed by atoms with van der Waals surface area (Å²) in [4.78, 5) is 2.92. The Morgan fingerprint density at radius 1 is 0.909 bits per heavy atom. The topological polar surface area (TPSA) is 40.6 Å². The van der Waals surface area contributed by atoms with Crippen molar-refractivity contribution >= 4 is 10.0 Å². The SMILES string of the molecule is Cc1ccc(S(=O)(=O)N2CCN(C3CCCCC3)CC2)cc1. The second-order valence-corrected chi connectivity index (χ2v) is 8.48. The second kappa shape index (κ2) is 6.69. The van der Waals surface area contributed by atoms with Crippen molar-refractivity contribution in [3.05, 3.63) is 29.8 Å². The van der Waals surface area contributed by atoms with Crippen LogP contribution in [0, 0.1) is 6.92 Å². The van der Waals surface area contributed by atoms with Crippen molar-refractivity contribution in [2.45, 2.75) is 50.0 Å². The summed E-state index contributed by atoms with van der Waals surface area (Å²) in [6, 6.07) is 7.85. The average molecular weight is 322 g/mol. The van der Waals surface area contributed by atoms with Gasteiger partial charge in [0.2, 0.25) is 10.0 Å². The standard InChI is InChI=1S/C17H26N2O2S/c1-15-7-9-17(10-8-15)22(20,21)19-13-11-18(12-14-19)16-5-3-2-4-6-16/h7-10,16H,2-6,11-14H2,1H3. The van der Waals surface area contributed by atoms with Gasteiger partial charge in [0.15, 0.2) is 0 Å². The zero-order valence-electron chi connectivity index (χ0n) is 13.4. The van der Waals surface area contributed by atoms with Crippen molar-refractivity contribution in [1.29, 1.82) is 0 Å². The lowest BCUT2D eigenvalue weighted by Crippen LogP contribution is -2.52. The molecule has 1 aliphatic heterocycles. The van der Waals surface area contributed by atoms with Crippen LogP contribution in [0.4, 0.5) is 0 Å². The molecule has 1 aliphatic carbocycles. The number of benzene rings is 1.